The summed E-state index contributed by atoms with van der Waals surface area (Å²) in [5.74, 6) is 0.861. The number of hydrogen-bond acceptors (Lipinski definition) is 4. The quantitative estimate of drug-likeness (QED) is 0.801. The average Bonchev–Trinajstić information content (AvgIpc) is 3.37. The Hall–Kier alpha value is -1.89. The summed E-state index contributed by atoms with van der Waals surface area (Å²) in [4.78, 5) is 0. The topological polar surface area (TPSA) is 67.4 Å². The Morgan fingerprint density at radius 1 is 1.15 bits per heavy atom. The van der Waals surface area contributed by atoms with Crippen LogP contribution < -0.4 is 14.8 Å². The van der Waals surface area contributed by atoms with Crippen LogP contribution in [0, 0.1) is 5.41 Å². The van der Waals surface area contributed by atoms with E-state index in [-0.39, 0.29) is 17.5 Å². The monoisotopic (exact) mass is 386 g/mol. The van der Waals surface area contributed by atoms with Crippen molar-refractivity contribution in [2.45, 2.75) is 31.3 Å². The van der Waals surface area contributed by atoms with Gasteiger partial charge in [0.2, 0.25) is 10.0 Å². The lowest BCUT2D eigenvalue weighted by molar-refractivity contribution is 0.393. The number of nitrogens with one attached hydrogen (secondary N) is 2. The lowest BCUT2D eigenvalue weighted by Gasteiger charge is -2.25. The Balaban J connectivity index is 1.64. The van der Waals surface area contributed by atoms with Crippen molar-refractivity contribution in [3.8, 4) is 16.9 Å². The zero-order valence-corrected chi connectivity index (χ0v) is 16.6. The highest BCUT2D eigenvalue weighted by Gasteiger charge is 2.56. The van der Waals surface area contributed by atoms with Gasteiger partial charge in [0.1, 0.15) is 5.75 Å². The molecular weight excluding hydrogens is 360 g/mol. The molecule has 4 rings (SSSR count). The van der Waals surface area contributed by atoms with Gasteiger partial charge < -0.3 is 10.1 Å². The van der Waals surface area contributed by atoms with Crippen LogP contribution in [0.5, 0.6) is 5.75 Å². The molecule has 1 saturated carbocycles. The highest BCUT2D eigenvalue weighted by atomic mass is 32.2. The Labute approximate surface area is 161 Å². The van der Waals surface area contributed by atoms with E-state index in [2.05, 4.69) is 34.3 Å². The fourth-order valence-corrected chi connectivity index (χ4v) is 5.21. The van der Waals surface area contributed by atoms with E-state index in [1.807, 2.05) is 24.3 Å². The normalized spacial score (nSPS) is 23.5. The number of rotatable bonds is 6. The highest BCUT2D eigenvalue weighted by molar-refractivity contribution is 7.88. The van der Waals surface area contributed by atoms with Crippen LogP contribution in [0.15, 0.2) is 48.5 Å². The Kier molecular flexibility index (Phi) is 4.74. The molecule has 0 radical (unpaired) electrons. The fourth-order valence-electron chi connectivity index (χ4n) is 4.33. The minimum atomic E-state index is -3.25. The molecule has 2 fully saturated rings. The van der Waals surface area contributed by atoms with Crippen LogP contribution in [0.25, 0.3) is 11.1 Å². The van der Waals surface area contributed by atoms with Gasteiger partial charge in [0.15, 0.2) is 0 Å². The minimum Gasteiger partial charge on any atom is -0.496 e. The van der Waals surface area contributed by atoms with E-state index in [0.717, 1.165) is 48.2 Å². The van der Waals surface area contributed by atoms with Crippen molar-refractivity contribution in [1.82, 2.24) is 10.0 Å². The van der Waals surface area contributed by atoms with Gasteiger partial charge in [0.25, 0.3) is 0 Å². The molecule has 1 saturated heterocycles. The largest absolute Gasteiger partial charge is 0.496 e. The molecule has 2 unspecified atom stereocenters. The highest BCUT2D eigenvalue weighted by Crippen LogP contribution is 2.52. The summed E-state index contributed by atoms with van der Waals surface area (Å²) < 4.78 is 32.5. The number of para-hydroxylation sites is 1. The van der Waals surface area contributed by atoms with Crippen LogP contribution in [0.2, 0.25) is 0 Å². The van der Waals surface area contributed by atoms with Crippen LogP contribution in [-0.2, 0) is 16.4 Å². The van der Waals surface area contributed by atoms with E-state index in [0.29, 0.717) is 0 Å². The van der Waals surface area contributed by atoms with E-state index >= 15 is 0 Å². The van der Waals surface area contributed by atoms with Crippen LogP contribution in [0.3, 0.4) is 0 Å². The van der Waals surface area contributed by atoms with E-state index < -0.39 is 10.0 Å². The van der Waals surface area contributed by atoms with Gasteiger partial charge in [-0.25, -0.2) is 13.1 Å². The van der Waals surface area contributed by atoms with E-state index in [4.69, 9.17) is 4.74 Å². The lowest BCUT2D eigenvalue weighted by Crippen LogP contribution is -2.47. The second-order valence-corrected chi connectivity index (χ2v) is 9.57. The van der Waals surface area contributed by atoms with Crippen LogP contribution in [0.4, 0.5) is 0 Å². The summed E-state index contributed by atoms with van der Waals surface area (Å²) in [5, 5.41) is 3.56. The predicted octanol–water partition coefficient (Wildman–Crippen LogP) is 2.57. The molecule has 1 aliphatic carbocycles. The molecule has 2 aliphatic rings. The maximum absolute atomic E-state index is 11.9. The zero-order valence-electron chi connectivity index (χ0n) is 15.7. The average molecular weight is 387 g/mol. The van der Waals surface area contributed by atoms with Gasteiger partial charge in [-0.2, -0.15) is 0 Å². The van der Waals surface area contributed by atoms with Crippen molar-refractivity contribution in [3.63, 3.8) is 0 Å². The summed E-state index contributed by atoms with van der Waals surface area (Å²) in [6.45, 7) is 0.867. The molecule has 5 nitrogen and oxygen atoms in total. The first-order chi connectivity index (χ1) is 12.9. The first-order valence-electron chi connectivity index (χ1n) is 9.34. The van der Waals surface area contributed by atoms with Crippen molar-refractivity contribution in [1.29, 1.82) is 0 Å². The number of hydrogen-bond donors (Lipinski definition) is 2. The van der Waals surface area contributed by atoms with Crippen molar-refractivity contribution >= 4 is 10.0 Å². The second-order valence-electron chi connectivity index (χ2n) is 7.79. The third-order valence-corrected chi connectivity index (χ3v) is 6.52. The first kappa shape index (κ1) is 18.5. The van der Waals surface area contributed by atoms with Gasteiger partial charge in [0, 0.05) is 29.6 Å². The summed E-state index contributed by atoms with van der Waals surface area (Å²) in [6.07, 6.45) is 4.11. The molecule has 0 bridgehead atoms. The number of sulfonamides is 1. The second kappa shape index (κ2) is 6.93. The van der Waals surface area contributed by atoms with Crippen molar-refractivity contribution < 1.29 is 13.2 Å². The standard InChI is InChI=1S/C21H26N2O3S/c1-26-19-16(9-6-10-17(19)15-7-4-3-5-8-15)13-18-20(23-27(2,24)25)21(11-12-21)14-22-18/h3-10,18,20,22-23H,11-14H2,1-2H3. The first-order valence-corrected chi connectivity index (χ1v) is 11.2. The Morgan fingerprint density at radius 3 is 2.52 bits per heavy atom. The molecule has 1 spiro atoms. The van der Waals surface area contributed by atoms with E-state index in [1.165, 1.54) is 6.26 Å². The van der Waals surface area contributed by atoms with Gasteiger partial charge in [0.05, 0.1) is 13.4 Å². The van der Waals surface area contributed by atoms with Crippen molar-refractivity contribution in [2.24, 2.45) is 5.41 Å². The molecule has 1 heterocycles. The summed E-state index contributed by atoms with van der Waals surface area (Å²) in [5.41, 5.74) is 3.34. The number of benzene rings is 2. The zero-order chi connectivity index (χ0) is 19.1. The third kappa shape index (κ3) is 3.74. The van der Waals surface area contributed by atoms with Crippen molar-refractivity contribution in [2.75, 3.05) is 19.9 Å². The number of ether oxygens (including phenoxy) is 1. The Morgan fingerprint density at radius 2 is 1.89 bits per heavy atom. The summed E-state index contributed by atoms with van der Waals surface area (Å²) in [7, 11) is -1.56. The molecule has 144 valence electrons. The van der Waals surface area contributed by atoms with Gasteiger partial charge in [-0.1, -0.05) is 48.5 Å². The maximum Gasteiger partial charge on any atom is 0.209 e. The smallest absolute Gasteiger partial charge is 0.209 e. The van der Waals surface area contributed by atoms with Crippen molar-refractivity contribution in [3.05, 3.63) is 54.1 Å². The van der Waals surface area contributed by atoms with Gasteiger partial charge in [-0.3, -0.25) is 0 Å². The molecule has 0 aromatic heterocycles. The maximum atomic E-state index is 11.9. The van der Waals surface area contributed by atoms with E-state index in [9.17, 15) is 8.42 Å². The molecule has 2 aromatic carbocycles. The summed E-state index contributed by atoms with van der Waals surface area (Å²) in [6, 6.07) is 16.3. The fraction of sp³-hybridized carbons (Fsp3) is 0.429. The van der Waals surface area contributed by atoms with Crippen LogP contribution >= 0.6 is 0 Å². The molecule has 1 aliphatic heterocycles. The minimum absolute atomic E-state index is 0.0575. The molecule has 2 N–H and O–H groups in total. The van der Waals surface area contributed by atoms with E-state index in [1.54, 1.807) is 7.11 Å². The number of methoxy groups -OCH3 is 1. The van der Waals surface area contributed by atoms with Crippen LogP contribution in [0.1, 0.15) is 18.4 Å². The molecular formula is C21H26N2O3S. The van der Waals surface area contributed by atoms with Crippen LogP contribution in [-0.4, -0.2) is 40.4 Å². The predicted molar refractivity (Wildman–Crippen MR) is 107 cm³/mol. The summed E-state index contributed by atoms with van der Waals surface area (Å²) >= 11 is 0. The van der Waals surface area contributed by atoms with Gasteiger partial charge in [-0.15, -0.1) is 0 Å². The molecule has 27 heavy (non-hydrogen) atoms. The van der Waals surface area contributed by atoms with Gasteiger partial charge >= 0.3 is 0 Å². The molecule has 2 aromatic rings. The third-order valence-electron chi connectivity index (χ3n) is 5.84. The Bertz CT molecular complexity index is 924. The van der Waals surface area contributed by atoms with Gasteiger partial charge in [-0.05, 0) is 30.4 Å². The molecule has 0 amide bonds. The molecule has 2 atom stereocenters. The lowest BCUT2D eigenvalue weighted by atomic mass is 9.91. The molecule has 6 heteroatoms. The SMILES string of the molecule is COc1c(CC2NCC3(CC3)C2NS(C)(=O)=O)cccc1-c1ccccc1.